The zero-order chi connectivity index (χ0) is 50.9. The molecule has 0 saturated carbocycles. The Morgan fingerprint density at radius 1 is 0.158 bits per heavy atom. The van der Waals surface area contributed by atoms with Crippen molar-refractivity contribution in [2.24, 2.45) is 0 Å². The van der Waals surface area contributed by atoms with Gasteiger partial charge in [-0.1, -0.05) is 218 Å². The molecule has 0 spiro atoms. The van der Waals surface area contributed by atoms with Gasteiger partial charge in [0.05, 0.1) is 0 Å². The molecule has 0 aliphatic heterocycles. The minimum absolute atomic E-state index is 1.10. The summed E-state index contributed by atoms with van der Waals surface area (Å²) in [6.07, 6.45) is 0. The smallest absolute Gasteiger partial charge is 0.0462 e. The van der Waals surface area contributed by atoms with Crippen molar-refractivity contribution in [3.05, 3.63) is 328 Å². The van der Waals surface area contributed by atoms with E-state index in [4.69, 9.17) is 0 Å². The fourth-order valence-electron chi connectivity index (χ4n) is 10.3. The fourth-order valence-corrected chi connectivity index (χ4v) is 13.1. The second-order valence-electron chi connectivity index (χ2n) is 18.5. The van der Waals surface area contributed by atoms with Gasteiger partial charge in [0.25, 0.3) is 0 Å². The summed E-state index contributed by atoms with van der Waals surface area (Å²) in [5, 5.41) is 3.88. The van der Waals surface area contributed by atoms with Gasteiger partial charge >= 0.3 is 0 Å². The molecule has 0 aliphatic carbocycles. The Balaban J connectivity index is 0.993. The number of benzene rings is 12. The summed E-state index contributed by atoms with van der Waals surface area (Å²) in [4.78, 5) is 6.97. The molecular formula is C72H54N3P. The van der Waals surface area contributed by atoms with Crippen molar-refractivity contribution in [3.63, 3.8) is 0 Å². The molecule has 0 amide bonds. The highest BCUT2D eigenvalue weighted by molar-refractivity contribution is 7.80. The largest absolute Gasteiger partial charge is 0.311 e. The maximum atomic E-state index is 2.37. The van der Waals surface area contributed by atoms with Gasteiger partial charge in [-0.25, -0.2) is 0 Å². The van der Waals surface area contributed by atoms with Gasteiger partial charge in [-0.15, -0.1) is 0 Å². The van der Waals surface area contributed by atoms with Crippen LogP contribution in [0.5, 0.6) is 0 Å². The molecule has 0 aromatic heterocycles. The van der Waals surface area contributed by atoms with E-state index in [0.717, 1.165) is 51.2 Å². The Hall–Kier alpha value is -9.53. The maximum absolute atomic E-state index is 2.37. The predicted octanol–water partition coefficient (Wildman–Crippen LogP) is 18.9. The molecule has 0 unspecified atom stereocenters. The predicted molar refractivity (Wildman–Crippen MR) is 326 cm³/mol. The van der Waals surface area contributed by atoms with Gasteiger partial charge in [-0.3, -0.25) is 0 Å². The maximum Gasteiger partial charge on any atom is 0.0462 e. The zero-order valence-electron chi connectivity index (χ0n) is 42.0. The van der Waals surface area contributed by atoms with Gasteiger partial charge < -0.3 is 14.7 Å². The van der Waals surface area contributed by atoms with E-state index in [1.54, 1.807) is 0 Å². The van der Waals surface area contributed by atoms with Gasteiger partial charge in [-0.05, 0) is 166 Å². The molecule has 0 saturated heterocycles. The molecule has 362 valence electrons. The molecule has 0 radical (unpaired) electrons. The third-order valence-corrected chi connectivity index (χ3v) is 16.4. The number of para-hydroxylation sites is 6. The molecule has 0 aliphatic rings. The highest BCUT2D eigenvalue weighted by atomic mass is 31.1. The second kappa shape index (κ2) is 22.3. The molecule has 12 rings (SSSR count). The van der Waals surface area contributed by atoms with Gasteiger partial charge in [0, 0.05) is 51.2 Å². The molecule has 0 bridgehead atoms. The lowest BCUT2D eigenvalue weighted by molar-refractivity contribution is 1.28. The topological polar surface area (TPSA) is 9.72 Å². The first-order chi connectivity index (χ1) is 37.7. The zero-order valence-corrected chi connectivity index (χ0v) is 42.9. The molecule has 76 heavy (non-hydrogen) atoms. The quantitative estimate of drug-likeness (QED) is 0.0948. The molecule has 0 heterocycles. The SMILES string of the molecule is c1ccc(N(c2ccccc2)c2ccc(-c3ccccc3P(c3ccccc3-c3ccc(N(c4ccccc4)c4ccccc4)cc3)c3ccccc3-c3ccc(N(c4ccccc4)c4ccccc4)cc3)cc2)cc1. The first kappa shape index (κ1) is 47.5. The second-order valence-corrected chi connectivity index (χ2v) is 20.7. The van der Waals surface area contributed by atoms with E-state index in [2.05, 4.69) is 342 Å². The molecule has 0 fully saturated rings. The van der Waals surface area contributed by atoms with Crippen LogP contribution in [0, 0.1) is 0 Å². The highest BCUT2D eigenvalue weighted by Gasteiger charge is 2.27. The van der Waals surface area contributed by atoms with Crippen molar-refractivity contribution in [3.8, 4) is 33.4 Å². The Kier molecular flexibility index (Phi) is 13.9. The van der Waals surface area contributed by atoms with E-state index in [9.17, 15) is 0 Å². The summed E-state index contributed by atoms with van der Waals surface area (Å²) in [6.45, 7) is 0. The van der Waals surface area contributed by atoms with Crippen molar-refractivity contribution in [2.45, 2.75) is 0 Å². The number of nitrogens with zero attached hydrogens (tertiary/aromatic N) is 3. The van der Waals surface area contributed by atoms with Crippen LogP contribution in [-0.4, -0.2) is 0 Å². The third-order valence-electron chi connectivity index (χ3n) is 13.8. The molecular weight excluding hydrogens is 938 g/mol. The van der Waals surface area contributed by atoms with Gasteiger partial charge in [0.1, 0.15) is 0 Å². The van der Waals surface area contributed by atoms with Gasteiger partial charge in [0.2, 0.25) is 0 Å². The van der Waals surface area contributed by atoms with Crippen molar-refractivity contribution in [1.29, 1.82) is 0 Å². The van der Waals surface area contributed by atoms with Crippen LogP contribution in [0.25, 0.3) is 33.4 Å². The molecule has 12 aromatic carbocycles. The number of hydrogen-bond donors (Lipinski definition) is 0. The fraction of sp³-hybridized carbons (Fsp3) is 0. The van der Waals surface area contributed by atoms with Crippen LogP contribution in [0.1, 0.15) is 0 Å². The van der Waals surface area contributed by atoms with Gasteiger partial charge in [-0.2, -0.15) is 0 Å². The lowest BCUT2D eigenvalue weighted by Gasteiger charge is -2.28. The van der Waals surface area contributed by atoms with E-state index in [1.165, 1.54) is 49.3 Å². The van der Waals surface area contributed by atoms with Crippen LogP contribution in [0.4, 0.5) is 51.2 Å². The van der Waals surface area contributed by atoms with E-state index in [0.29, 0.717) is 0 Å². The minimum Gasteiger partial charge on any atom is -0.311 e. The Bertz CT molecular complexity index is 3260. The first-order valence-electron chi connectivity index (χ1n) is 25.8. The monoisotopic (exact) mass is 991 g/mol. The summed E-state index contributed by atoms with van der Waals surface area (Å²) in [5.41, 5.74) is 17.1. The molecule has 3 nitrogen and oxygen atoms in total. The summed E-state index contributed by atoms with van der Waals surface area (Å²) in [5.74, 6) is 0. The summed E-state index contributed by atoms with van der Waals surface area (Å²) in [6, 6.07) is 118. The average molecular weight is 992 g/mol. The third kappa shape index (κ3) is 9.96. The van der Waals surface area contributed by atoms with Crippen LogP contribution >= 0.6 is 7.92 Å². The van der Waals surface area contributed by atoms with Crippen LogP contribution in [0.2, 0.25) is 0 Å². The molecule has 12 aromatic rings. The molecule has 4 heteroatoms. The Labute approximate surface area is 448 Å². The van der Waals surface area contributed by atoms with Crippen molar-refractivity contribution < 1.29 is 0 Å². The first-order valence-corrected chi connectivity index (χ1v) is 27.2. The minimum atomic E-state index is -1.19. The van der Waals surface area contributed by atoms with E-state index in [1.807, 2.05) is 0 Å². The average Bonchev–Trinajstić information content (AvgIpc) is 3.51. The summed E-state index contributed by atoms with van der Waals surface area (Å²) < 4.78 is 0. The van der Waals surface area contributed by atoms with Crippen LogP contribution in [-0.2, 0) is 0 Å². The lowest BCUT2D eigenvalue weighted by Crippen LogP contribution is -2.25. The molecule has 0 atom stereocenters. The molecule has 0 N–H and O–H groups in total. The standard InChI is InChI=1S/C72H54N3P/c1-7-25-58(26-8-1)73(59-27-9-2-10-28-59)64-49-43-55(44-50-64)67-37-19-22-40-70(67)76(71-41-23-20-38-68(71)56-45-51-65(52-46-56)74(60-29-11-3-12-30-60)61-31-13-4-14-32-61)72-42-24-21-39-69(72)57-47-53-66(54-48-57)75(62-33-15-5-16-34-62)63-35-17-6-18-36-63/h1-54H. The van der Waals surface area contributed by atoms with Crippen LogP contribution < -0.4 is 30.6 Å². The Morgan fingerprint density at radius 3 is 0.539 bits per heavy atom. The van der Waals surface area contributed by atoms with Crippen LogP contribution in [0.15, 0.2) is 328 Å². The van der Waals surface area contributed by atoms with Crippen molar-refractivity contribution in [2.75, 3.05) is 14.7 Å². The number of rotatable bonds is 15. The van der Waals surface area contributed by atoms with E-state index in [-0.39, 0.29) is 0 Å². The highest BCUT2D eigenvalue weighted by Crippen LogP contribution is 2.45. The Morgan fingerprint density at radius 2 is 0.329 bits per heavy atom. The van der Waals surface area contributed by atoms with Gasteiger partial charge in [0.15, 0.2) is 0 Å². The van der Waals surface area contributed by atoms with E-state index >= 15 is 0 Å². The lowest BCUT2D eigenvalue weighted by atomic mass is 10.0. The van der Waals surface area contributed by atoms with Crippen LogP contribution in [0.3, 0.4) is 0 Å². The van der Waals surface area contributed by atoms with Crippen molar-refractivity contribution >= 4 is 75.0 Å². The van der Waals surface area contributed by atoms with E-state index < -0.39 is 7.92 Å². The van der Waals surface area contributed by atoms with Crippen molar-refractivity contribution in [1.82, 2.24) is 0 Å². The summed E-state index contributed by atoms with van der Waals surface area (Å²) >= 11 is 0. The number of anilines is 9. The summed E-state index contributed by atoms with van der Waals surface area (Å²) in [7, 11) is -1.19. The number of hydrogen-bond acceptors (Lipinski definition) is 3. The normalized spacial score (nSPS) is 11.0.